The maximum Gasteiger partial charge on any atom is 0.197 e. The molecule has 1 aromatic heterocycles. The first kappa shape index (κ1) is 9.26. The van der Waals surface area contributed by atoms with Gasteiger partial charge in [0.05, 0.1) is 0 Å². The van der Waals surface area contributed by atoms with Crippen molar-refractivity contribution in [2.45, 2.75) is 18.9 Å². The van der Waals surface area contributed by atoms with Crippen LogP contribution in [0.5, 0.6) is 0 Å². The number of thioether (sulfide) groups is 1. The topological polar surface area (TPSA) is 30.0 Å². The Morgan fingerprint density at radius 2 is 2.25 bits per heavy atom. The number of carbonyl (C=O) groups is 1. The predicted molar refractivity (Wildman–Crippen MR) is 49.9 cm³/mol. The molecule has 0 N–H and O–H groups in total. The lowest BCUT2D eigenvalue weighted by Crippen LogP contribution is -2.01. The minimum Gasteiger partial charge on any atom is -0.286 e. The molecule has 0 fully saturated rings. The fourth-order valence-corrected chi connectivity index (χ4v) is 1.33. The molecule has 0 unspecified atom stereocenters. The van der Waals surface area contributed by atoms with Gasteiger partial charge in [0.25, 0.3) is 0 Å². The van der Waals surface area contributed by atoms with E-state index in [4.69, 9.17) is 0 Å². The standard InChI is InChI=1S/C9H11NOS/c1-7(2)9(11)12-8-5-3-4-6-10-8/h3-7H,1-2H3. The Bertz CT molecular complexity index is 258. The third-order valence-electron chi connectivity index (χ3n) is 1.31. The minimum absolute atomic E-state index is 0.0667. The highest BCUT2D eigenvalue weighted by Gasteiger charge is 2.08. The molecule has 0 bridgehead atoms. The van der Waals surface area contributed by atoms with E-state index in [2.05, 4.69) is 4.98 Å². The average Bonchev–Trinajstić information content (AvgIpc) is 2.06. The molecule has 2 nitrogen and oxygen atoms in total. The van der Waals surface area contributed by atoms with Crippen molar-refractivity contribution < 1.29 is 4.79 Å². The minimum atomic E-state index is 0.0667. The largest absolute Gasteiger partial charge is 0.286 e. The van der Waals surface area contributed by atoms with Gasteiger partial charge in [-0.1, -0.05) is 19.9 Å². The fraction of sp³-hybridized carbons (Fsp3) is 0.333. The molecule has 0 aliphatic carbocycles. The van der Waals surface area contributed by atoms with E-state index in [0.29, 0.717) is 0 Å². The lowest BCUT2D eigenvalue weighted by Gasteiger charge is -2.01. The molecular weight excluding hydrogens is 170 g/mol. The van der Waals surface area contributed by atoms with Crippen molar-refractivity contribution >= 4 is 16.9 Å². The van der Waals surface area contributed by atoms with Crippen LogP contribution in [0, 0.1) is 5.92 Å². The zero-order chi connectivity index (χ0) is 8.97. The molecule has 64 valence electrons. The van der Waals surface area contributed by atoms with Crippen molar-refractivity contribution in [1.29, 1.82) is 0 Å². The second-order valence-electron chi connectivity index (χ2n) is 2.74. The molecule has 1 heterocycles. The van der Waals surface area contributed by atoms with Gasteiger partial charge in [-0.15, -0.1) is 0 Å². The molecule has 12 heavy (non-hydrogen) atoms. The molecule has 0 saturated carbocycles. The van der Waals surface area contributed by atoms with E-state index in [0.717, 1.165) is 5.03 Å². The quantitative estimate of drug-likeness (QED) is 0.656. The highest BCUT2D eigenvalue weighted by atomic mass is 32.2. The van der Waals surface area contributed by atoms with Crippen molar-refractivity contribution in [2.24, 2.45) is 5.92 Å². The highest BCUT2D eigenvalue weighted by molar-refractivity contribution is 8.13. The lowest BCUT2D eigenvalue weighted by molar-refractivity contribution is -0.113. The van der Waals surface area contributed by atoms with Crippen molar-refractivity contribution in [2.75, 3.05) is 0 Å². The van der Waals surface area contributed by atoms with Gasteiger partial charge in [0.1, 0.15) is 5.03 Å². The number of hydrogen-bond donors (Lipinski definition) is 0. The van der Waals surface area contributed by atoms with Crippen molar-refractivity contribution in [3.63, 3.8) is 0 Å². The summed E-state index contributed by atoms with van der Waals surface area (Å²) >= 11 is 1.20. The Labute approximate surface area is 76.4 Å². The molecule has 0 aliphatic heterocycles. The monoisotopic (exact) mass is 181 g/mol. The molecule has 0 spiro atoms. The number of pyridine rings is 1. The Morgan fingerprint density at radius 3 is 2.75 bits per heavy atom. The highest BCUT2D eigenvalue weighted by Crippen LogP contribution is 2.18. The zero-order valence-electron chi connectivity index (χ0n) is 7.15. The second-order valence-corrected chi connectivity index (χ2v) is 3.77. The smallest absolute Gasteiger partial charge is 0.197 e. The van der Waals surface area contributed by atoms with Gasteiger partial charge in [0, 0.05) is 12.1 Å². The predicted octanol–water partition coefficient (Wildman–Crippen LogP) is 2.36. The average molecular weight is 181 g/mol. The summed E-state index contributed by atoms with van der Waals surface area (Å²) in [5.41, 5.74) is 0. The Hall–Kier alpha value is -0.830. The first-order valence-corrected chi connectivity index (χ1v) is 4.64. The number of nitrogens with zero attached hydrogens (tertiary/aromatic N) is 1. The molecule has 0 radical (unpaired) electrons. The van der Waals surface area contributed by atoms with Crippen molar-refractivity contribution in [1.82, 2.24) is 4.98 Å². The number of aromatic nitrogens is 1. The van der Waals surface area contributed by atoms with E-state index in [1.54, 1.807) is 6.20 Å². The van der Waals surface area contributed by atoms with Gasteiger partial charge < -0.3 is 0 Å². The normalized spacial score (nSPS) is 10.2. The summed E-state index contributed by atoms with van der Waals surface area (Å²) < 4.78 is 0. The molecule has 1 rings (SSSR count). The first-order chi connectivity index (χ1) is 5.70. The summed E-state index contributed by atoms with van der Waals surface area (Å²) in [5.74, 6) is 0.0667. The van der Waals surface area contributed by atoms with Crippen LogP contribution in [-0.2, 0) is 4.79 Å². The van der Waals surface area contributed by atoms with Gasteiger partial charge in [-0.2, -0.15) is 0 Å². The number of carbonyl (C=O) groups excluding carboxylic acids is 1. The summed E-state index contributed by atoms with van der Waals surface area (Å²) in [6.45, 7) is 3.77. The van der Waals surface area contributed by atoms with Gasteiger partial charge >= 0.3 is 0 Å². The summed E-state index contributed by atoms with van der Waals surface area (Å²) in [5, 5.41) is 0.935. The molecule has 0 aliphatic rings. The van der Waals surface area contributed by atoms with Gasteiger partial charge in [-0.3, -0.25) is 4.79 Å². The third kappa shape index (κ3) is 2.66. The summed E-state index contributed by atoms with van der Waals surface area (Å²) in [4.78, 5) is 15.3. The SMILES string of the molecule is CC(C)C(=O)Sc1ccccn1. The van der Waals surface area contributed by atoms with Crippen LogP contribution < -0.4 is 0 Å². The molecule has 0 amide bonds. The van der Waals surface area contributed by atoms with Crippen LogP contribution in [0.2, 0.25) is 0 Å². The second kappa shape index (κ2) is 4.26. The lowest BCUT2D eigenvalue weighted by atomic mass is 10.3. The summed E-state index contributed by atoms with van der Waals surface area (Å²) in [7, 11) is 0. The van der Waals surface area contributed by atoms with Crippen LogP contribution in [-0.4, -0.2) is 10.1 Å². The van der Waals surface area contributed by atoms with E-state index in [1.807, 2.05) is 32.0 Å². The van der Waals surface area contributed by atoms with Gasteiger partial charge in [-0.25, -0.2) is 4.98 Å². The maximum absolute atomic E-state index is 11.2. The zero-order valence-corrected chi connectivity index (χ0v) is 7.97. The number of hydrogen-bond acceptors (Lipinski definition) is 3. The van der Waals surface area contributed by atoms with E-state index in [-0.39, 0.29) is 11.0 Å². The Balaban J connectivity index is 2.59. The molecule has 0 aromatic carbocycles. The van der Waals surface area contributed by atoms with E-state index in [9.17, 15) is 4.79 Å². The summed E-state index contributed by atoms with van der Waals surface area (Å²) in [6.07, 6.45) is 1.69. The Kier molecular flexibility index (Phi) is 3.29. The molecule has 0 atom stereocenters. The van der Waals surface area contributed by atoms with Gasteiger partial charge in [0.2, 0.25) is 0 Å². The van der Waals surface area contributed by atoms with Gasteiger partial charge in [-0.05, 0) is 23.9 Å². The summed E-state index contributed by atoms with van der Waals surface area (Å²) in [6, 6.07) is 5.55. The van der Waals surface area contributed by atoms with Crippen LogP contribution in [0.1, 0.15) is 13.8 Å². The first-order valence-electron chi connectivity index (χ1n) is 3.83. The van der Waals surface area contributed by atoms with E-state index < -0.39 is 0 Å². The van der Waals surface area contributed by atoms with Crippen molar-refractivity contribution in [3.05, 3.63) is 24.4 Å². The molecular formula is C9H11NOS. The van der Waals surface area contributed by atoms with Crippen LogP contribution in [0.4, 0.5) is 0 Å². The molecule has 0 saturated heterocycles. The van der Waals surface area contributed by atoms with E-state index in [1.165, 1.54) is 11.8 Å². The molecule has 3 heteroatoms. The maximum atomic E-state index is 11.2. The molecule has 1 aromatic rings. The Morgan fingerprint density at radius 1 is 1.50 bits per heavy atom. The third-order valence-corrected chi connectivity index (χ3v) is 2.44. The van der Waals surface area contributed by atoms with Crippen LogP contribution in [0.15, 0.2) is 29.4 Å². The van der Waals surface area contributed by atoms with Crippen molar-refractivity contribution in [3.8, 4) is 0 Å². The van der Waals surface area contributed by atoms with Crippen LogP contribution in [0.25, 0.3) is 0 Å². The van der Waals surface area contributed by atoms with Crippen LogP contribution in [0.3, 0.4) is 0 Å². The van der Waals surface area contributed by atoms with Gasteiger partial charge in [0.15, 0.2) is 5.12 Å². The van der Waals surface area contributed by atoms with E-state index >= 15 is 0 Å². The fourth-order valence-electron chi connectivity index (χ4n) is 0.628. The number of rotatable bonds is 2. The van der Waals surface area contributed by atoms with Crippen LogP contribution >= 0.6 is 11.8 Å².